The lowest BCUT2D eigenvalue weighted by Crippen LogP contribution is -1.93. The van der Waals surface area contributed by atoms with E-state index in [-0.39, 0.29) is 0 Å². The quantitative estimate of drug-likeness (QED) is 0.520. The van der Waals surface area contributed by atoms with Crippen molar-refractivity contribution < 1.29 is 0 Å². The average molecular weight is 134 g/mol. The molecule has 0 saturated carbocycles. The van der Waals surface area contributed by atoms with Gasteiger partial charge in [0.15, 0.2) is 0 Å². The van der Waals surface area contributed by atoms with E-state index in [0.717, 1.165) is 19.3 Å². The fraction of sp³-hybridized carbons (Fsp3) is 0.600. The maximum Gasteiger partial charge on any atom is 0.0209 e. The predicted octanol–water partition coefficient (Wildman–Crippen LogP) is 2.45. The van der Waals surface area contributed by atoms with Gasteiger partial charge in [-0.2, -0.15) is 0 Å². The highest BCUT2D eigenvalue weighted by atomic mass is 14.0. The molecule has 10 heavy (non-hydrogen) atoms. The third-order valence-electron chi connectivity index (χ3n) is 1.48. The van der Waals surface area contributed by atoms with Crippen LogP contribution in [0.4, 0.5) is 0 Å². The fourth-order valence-corrected chi connectivity index (χ4v) is 0.840. The SMILES string of the molecule is C#CCCC(C#CC)CC. The third kappa shape index (κ3) is 4.04. The molecule has 1 unspecified atom stereocenters. The first-order valence-electron chi connectivity index (χ1n) is 3.70. The first kappa shape index (κ1) is 9.12. The molecule has 0 radical (unpaired) electrons. The van der Waals surface area contributed by atoms with Crippen molar-refractivity contribution in [2.75, 3.05) is 0 Å². The minimum Gasteiger partial charge on any atom is -0.120 e. The monoisotopic (exact) mass is 134 g/mol. The van der Waals surface area contributed by atoms with Crippen LogP contribution in [-0.2, 0) is 0 Å². The molecule has 0 aliphatic rings. The van der Waals surface area contributed by atoms with E-state index in [0.29, 0.717) is 5.92 Å². The first-order valence-corrected chi connectivity index (χ1v) is 3.70. The summed E-state index contributed by atoms with van der Waals surface area (Å²) in [6.45, 7) is 4.02. The Morgan fingerprint density at radius 1 is 1.50 bits per heavy atom. The van der Waals surface area contributed by atoms with Gasteiger partial charge in [0.05, 0.1) is 0 Å². The van der Waals surface area contributed by atoms with Crippen LogP contribution < -0.4 is 0 Å². The smallest absolute Gasteiger partial charge is 0.0209 e. The second kappa shape index (κ2) is 6.24. The average Bonchev–Trinajstić information content (AvgIpc) is 1.98. The molecule has 0 aromatic rings. The highest BCUT2D eigenvalue weighted by Gasteiger charge is 1.98. The zero-order valence-electron chi connectivity index (χ0n) is 6.78. The molecule has 54 valence electrons. The number of hydrogen-bond donors (Lipinski definition) is 0. The van der Waals surface area contributed by atoms with Crippen molar-refractivity contribution in [3.8, 4) is 24.2 Å². The van der Waals surface area contributed by atoms with E-state index in [1.54, 1.807) is 0 Å². The van der Waals surface area contributed by atoms with E-state index in [2.05, 4.69) is 24.7 Å². The molecule has 0 heterocycles. The van der Waals surface area contributed by atoms with E-state index in [4.69, 9.17) is 6.42 Å². The van der Waals surface area contributed by atoms with Crippen LogP contribution in [0.2, 0.25) is 0 Å². The summed E-state index contributed by atoms with van der Waals surface area (Å²) < 4.78 is 0. The van der Waals surface area contributed by atoms with Gasteiger partial charge in [-0.15, -0.1) is 24.2 Å². The molecular weight excluding hydrogens is 120 g/mol. The minimum atomic E-state index is 0.515. The fourth-order valence-electron chi connectivity index (χ4n) is 0.840. The Morgan fingerprint density at radius 2 is 2.20 bits per heavy atom. The molecule has 0 heteroatoms. The van der Waals surface area contributed by atoms with Gasteiger partial charge in [0, 0.05) is 12.3 Å². The lowest BCUT2D eigenvalue weighted by atomic mass is 10.0. The molecule has 0 N–H and O–H groups in total. The Labute approximate surface area is 64.0 Å². The maximum atomic E-state index is 5.13. The van der Waals surface area contributed by atoms with Crippen molar-refractivity contribution in [3.63, 3.8) is 0 Å². The van der Waals surface area contributed by atoms with Crippen LogP contribution >= 0.6 is 0 Å². The predicted molar refractivity (Wildman–Crippen MR) is 45.3 cm³/mol. The Hall–Kier alpha value is -0.880. The normalized spacial score (nSPS) is 10.9. The van der Waals surface area contributed by atoms with Gasteiger partial charge in [0.25, 0.3) is 0 Å². The zero-order valence-corrected chi connectivity index (χ0v) is 6.78. The highest BCUT2D eigenvalue weighted by Crippen LogP contribution is 2.08. The number of terminal acetylenes is 1. The second-order valence-corrected chi connectivity index (χ2v) is 2.24. The van der Waals surface area contributed by atoms with E-state index in [1.807, 2.05) is 6.92 Å². The van der Waals surface area contributed by atoms with Gasteiger partial charge in [-0.3, -0.25) is 0 Å². The topological polar surface area (TPSA) is 0 Å². The Kier molecular flexibility index (Phi) is 5.69. The molecule has 0 nitrogen and oxygen atoms in total. The number of rotatable bonds is 3. The highest BCUT2D eigenvalue weighted by molar-refractivity contribution is 5.01. The van der Waals surface area contributed by atoms with Crippen LogP contribution in [0, 0.1) is 30.1 Å². The van der Waals surface area contributed by atoms with Crippen LogP contribution in [0.3, 0.4) is 0 Å². The molecule has 0 spiro atoms. The van der Waals surface area contributed by atoms with Crippen LogP contribution in [0.25, 0.3) is 0 Å². The van der Waals surface area contributed by atoms with Crippen molar-refractivity contribution in [1.82, 2.24) is 0 Å². The van der Waals surface area contributed by atoms with Crippen LogP contribution in [0.1, 0.15) is 33.1 Å². The van der Waals surface area contributed by atoms with Gasteiger partial charge in [-0.05, 0) is 19.8 Å². The van der Waals surface area contributed by atoms with Crippen molar-refractivity contribution >= 4 is 0 Å². The minimum absolute atomic E-state index is 0.515. The Balaban J connectivity index is 3.59. The summed E-state index contributed by atoms with van der Waals surface area (Å²) in [6, 6.07) is 0. The molecule has 0 aromatic carbocycles. The lowest BCUT2D eigenvalue weighted by molar-refractivity contribution is 0.603. The summed E-state index contributed by atoms with van der Waals surface area (Å²) in [7, 11) is 0. The van der Waals surface area contributed by atoms with Crippen molar-refractivity contribution in [2.24, 2.45) is 5.92 Å². The molecule has 1 atom stereocenters. The molecular formula is C10H14. The van der Waals surface area contributed by atoms with Crippen molar-refractivity contribution in [3.05, 3.63) is 0 Å². The molecule has 0 aliphatic carbocycles. The van der Waals surface area contributed by atoms with E-state index in [1.165, 1.54) is 0 Å². The van der Waals surface area contributed by atoms with E-state index >= 15 is 0 Å². The maximum absolute atomic E-state index is 5.13. The van der Waals surface area contributed by atoms with Gasteiger partial charge >= 0.3 is 0 Å². The summed E-state index contributed by atoms with van der Waals surface area (Å²) in [5.74, 6) is 9.17. The third-order valence-corrected chi connectivity index (χ3v) is 1.48. The summed E-state index contributed by atoms with van der Waals surface area (Å²) in [6.07, 6.45) is 8.15. The Morgan fingerprint density at radius 3 is 2.60 bits per heavy atom. The largest absolute Gasteiger partial charge is 0.120 e. The molecule has 0 fully saturated rings. The second-order valence-electron chi connectivity index (χ2n) is 2.24. The molecule has 0 saturated heterocycles. The molecule has 0 amide bonds. The summed E-state index contributed by atoms with van der Waals surface area (Å²) in [5.41, 5.74) is 0. The van der Waals surface area contributed by atoms with E-state index < -0.39 is 0 Å². The summed E-state index contributed by atoms with van der Waals surface area (Å²) >= 11 is 0. The van der Waals surface area contributed by atoms with Crippen molar-refractivity contribution in [2.45, 2.75) is 33.1 Å². The van der Waals surface area contributed by atoms with Gasteiger partial charge in [0.2, 0.25) is 0 Å². The van der Waals surface area contributed by atoms with Crippen LogP contribution in [-0.4, -0.2) is 0 Å². The van der Waals surface area contributed by atoms with Crippen LogP contribution in [0.5, 0.6) is 0 Å². The summed E-state index contributed by atoms with van der Waals surface area (Å²) in [4.78, 5) is 0. The van der Waals surface area contributed by atoms with Gasteiger partial charge < -0.3 is 0 Å². The molecule has 0 aliphatic heterocycles. The first-order chi connectivity index (χ1) is 4.85. The summed E-state index contributed by atoms with van der Waals surface area (Å²) in [5, 5.41) is 0. The van der Waals surface area contributed by atoms with E-state index in [9.17, 15) is 0 Å². The van der Waals surface area contributed by atoms with Crippen LogP contribution in [0.15, 0.2) is 0 Å². The Bertz CT molecular complexity index is 161. The lowest BCUT2D eigenvalue weighted by Gasteiger charge is -2.02. The molecule has 0 aromatic heterocycles. The van der Waals surface area contributed by atoms with Crippen molar-refractivity contribution in [1.29, 1.82) is 0 Å². The standard InChI is InChI=1S/C10H14/c1-4-7-9-10(6-3)8-5-2/h1,10H,6-7,9H2,2-3H3. The molecule has 0 bridgehead atoms. The van der Waals surface area contributed by atoms with Gasteiger partial charge in [-0.1, -0.05) is 6.92 Å². The molecule has 0 rings (SSSR count). The zero-order chi connectivity index (χ0) is 7.82. The van der Waals surface area contributed by atoms with Gasteiger partial charge in [-0.25, -0.2) is 0 Å². The number of hydrogen-bond acceptors (Lipinski definition) is 0. The van der Waals surface area contributed by atoms with Gasteiger partial charge in [0.1, 0.15) is 0 Å².